The summed E-state index contributed by atoms with van der Waals surface area (Å²) in [6, 6.07) is 4.26. The van der Waals surface area contributed by atoms with Gasteiger partial charge in [0.05, 0.1) is 7.11 Å². The van der Waals surface area contributed by atoms with Crippen LogP contribution in [0, 0.1) is 5.21 Å². The lowest BCUT2D eigenvalue weighted by atomic mass is 9.87. The molecule has 3 aliphatic rings. The molecule has 0 aromatic carbocycles. The van der Waals surface area contributed by atoms with Crippen LogP contribution in [-0.2, 0) is 7.05 Å². The van der Waals surface area contributed by atoms with Crippen LogP contribution in [-0.4, -0.2) is 47.7 Å². The van der Waals surface area contributed by atoms with Crippen LogP contribution in [0.5, 0.6) is 5.88 Å². The molecular weight excluding hydrogens is 406 g/mol. The van der Waals surface area contributed by atoms with Gasteiger partial charge in [-0.15, -0.1) is 0 Å². The molecule has 0 atom stereocenters. The van der Waals surface area contributed by atoms with Gasteiger partial charge in [-0.1, -0.05) is 19.3 Å². The standard InChI is InChI=1S/C23H33N7O2/c1-27-19-14-29(15-30(31)22(19)21(26-27)16-6-4-3-5-7-16)18-8-9-20(25-23(18)32-2)28-12-10-17(24)11-13-28/h8-9,14,16-17H,3-7,10-13,15,24H2,1-2H3. The first-order chi connectivity index (χ1) is 15.5. The monoisotopic (exact) mass is 439 g/mol. The van der Waals surface area contributed by atoms with Crippen LogP contribution in [0.4, 0.5) is 11.5 Å². The predicted molar refractivity (Wildman–Crippen MR) is 125 cm³/mol. The Morgan fingerprint density at radius 2 is 1.88 bits per heavy atom. The van der Waals surface area contributed by atoms with Gasteiger partial charge in [0, 0.05) is 38.3 Å². The van der Waals surface area contributed by atoms with E-state index in [9.17, 15) is 5.21 Å². The second kappa shape index (κ2) is 8.61. The van der Waals surface area contributed by atoms with Gasteiger partial charge in [-0.2, -0.15) is 14.8 Å². The third-order valence-electron chi connectivity index (χ3n) is 7.08. The molecular formula is C23H33N7O2. The van der Waals surface area contributed by atoms with Crippen LogP contribution in [0.2, 0.25) is 0 Å². The maximum Gasteiger partial charge on any atom is 0.263 e. The Balaban J connectivity index is 1.48. The Morgan fingerprint density at radius 3 is 2.59 bits per heavy atom. The SMILES string of the molecule is COc1nc(N2CCC(N)CC2)ccc1N1C=c2c(c(C3CCCCC3)nn2C)=[N+]([O-])C1. The van der Waals surface area contributed by atoms with Crippen molar-refractivity contribution in [3.8, 4) is 5.88 Å². The average molecular weight is 440 g/mol. The third kappa shape index (κ3) is 3.79. The minimum Gasteiger partial charge on any atom is -0.622 e. The van der Waals surface area contributed by atoms with Gasteiger partial charge in [0.25, 0.3) is 5.36 Å². The van der Waals surface area contributed by atoms with Crippen LogP contribution in [0.1, 0.15) is 56.6 Å². The minimum absolute atomic E-state index is 0.189. The average Bonchev–Trinajstić information content (AvgIpc) is 3.16. The highest BCUT2D eigenvalue weighted by atomic mass is 16.5. The third-order valence-corrected chi connectivity index (χ3v) is 7.08. The molecule has 0 unspecified atom stereocenters. The lowest BCUT2D eigenvalue weighted by Crippen LogP contribution is -2.50. The summed E-state index contributed by atoms with van der Waals surface area (Å²) in [5, 5.41) is 19.5. The Kier molecular flexibility index (Phi) is 5.67. The molecule has 2 N–H and O–H groups in total. The van der Waals surface area contributed by atoms with Crippen molar-refractivity contribution in [2.45, 2.75) is 56.9 Å². The number of aromatic nitrogens is 3. The van der Waals surface area contributed by atoms with Crippen LogP contribution in [0.15, 0.2) is 12.1 Å². The van der Waals surface area contributed by atoms with Gasteiger partial charge in [0.15, 0.2) is 0 Å². The van der Waals surface area contributed by atoms with Gasteiger partial charge in [-0.05, 0) is 37.8 Å². The molecule has 0 radical (unpaired) electrons. The topological polar surface area (TPSA) is 98.5 Å². The summed E-state index contributed by atoms with van der Waals surface area (Å²) < 4.78 is 8.55. The van der Waals surface area contributed by atoms with Crippen LogP contribution >= 0.6 is 0 Å². The van der Waals surface area contributed by atoms with E-state index < -0.39 is 0 Å². The van der Waals surface area contributed by atoms with Crippen molar-refractivity contribution in [3.63, 3.8) is 0 Å². The number of ether oxygens (including phenoxy) is 1. The zero-order valence-electron chi connectivity index (χ0n) is 19.0. The van der Waals surface area contributed by atoms with Gasteiger partial charge >= 0.3 is 0 Å². The van der Waals surface area contributed by atoms with E-state index in [0.717, 1.165) is 71.4 Å². The maximum absolute atomic E-state index is 13.2. The number of anilines is 2. The summed E-state index contributed by atoms with van der Waals surface area (Å²) in [5.41, 5.74) is 7.77. The number of aryl methyl sites for hydroxylation is 1. The predicted octanol–water partition coefficient (Wildman–Crippen LogP) is 1.00. The molecule has 0 spiro atoms. The molecule has 2 aromatic heterocycles. The number of nitrogens with two attached hydrogens (primary N) is 1. The molecule has 1 saturated heterocycles. The first-order valence-corrected chi connectivity index (χ1v) is 11.7. The number of hydrogen-bond donors (Lipinski definition) is 1. The molecule has 9 nitrogen and oxygen atoms in total. The van der Waals surface area contributed by atoms with Crippen LogP contribution in [0.3, 0.4) is 0 Å². The largest absolute Gasteiger partial charge is 0.622 e. The Hall–Kier alpha value is -2.81. The summed E-state index contributed by atoms with van der Waals surface area (Å²) in [5.74, 6) is 1.78. The van der Waals surface area contributed by atoms with Gasteiger partial charge in [-0.3, -0.25) is 9.58 Å². The Morgan fingerprint density at radius 1 is 1.12 bits per heavy atom. The van der Waals surface area contributed by atoms with E-state index in [2.05, 4.69) is 4.90 Å². The summed E-state index contributed by atoms with van der Waals surface area (Å²) in [6.45, 7) is 1.97. The summed E-state index contributed by atoms with van der Waals surface area (Å²) >= 11 is 0. The molecule has 4 heterocycles. The molecule has 0 bridgehead atoms. The number of nitrogens with zero attached hydrogens (tertiary/aromatic N) is 6. The summed E-state index contributed by atoms with van der Waals surface area (Å²) in [7, 11) is 3.54. The van der Waals surface area contributed by atoms with Crippen molar-refractivity contribution in [3.05, 3.63) is 33.7 Å². The molecule has 9 heteroatoms. The number of fused-ring (bicyclic) bond motifs is 1. The minimum atomic E-state index is 0.189. The zero-order valence-corrected chi connectivity index (χ0v) is 19.0. The van der Waals surface area contributed by atoms with Gasteiger partial charge in [-0.25, -0.2) is 0 Å². The van der Waals surface area contributed by atoms with Gasteiger partial charge in [0.2, 0.25) is 12.5 Å². The molecule has 172 valence electrons. The highest BCUT2D eigenvalue weighted by molar-refractivity contribution is 5.66. The lowest BCUT2D eigenvalue weighted by molar-refractivity contribution is 0.397. The van der Waals surface area contributed by atoms with E-state index >= 15 is 0 Å². The highest BCUT2D eigenvalue weighted by Crippen LogP contribution is 2.32. The van der Waals surface area contributed by atoms with Crippen molar-refractivity contribution >= 4 is 17.7 Å². The zero-order chi connectivity index (χ0) is 22.2. The van der Waals surface area contributed by atoms with Gasteiger partial charge in [0.1, 0.15) is 22.5 Å². The molecule has 2 fully saturated rings. The first-order valence-electron chi connectivity index (χ1n) is 11.7. The van der Waals surface area contributed by atoms with E-state index in [4.69, 9.17) is 20.6 Å². The van der Waals surface area contributed by atoms with E-state index in [-0.39, 0.29) is 12.7 Å². The number of hydroxylamine groups is 1. The van der Waals surface area contributed by atoms with E-state index in [1.165, 1.54) is 19.3 Å². The van der Waals surface area contributed by atoms with Crippen molar-refractivity contribution in [1.82, 2.24) is 19.5 Å². The number of hydrogen-bond acceptors (Lipinski definition) is 7. The second-order valence-electron chi connectivity index (χ2n) is 9.22. The van der Waals surface area contributed by atoms with Crippen molar-refractivity contribution < 1.29 is 4.74 Å². The molecule has 5 rings (SSSR count). The smallest absolute Gasteiger partial charge is 0.263 e. The number of rotatable bonds is 4. The maximum atomic E-state index is 13.2. The number of methoxy groups -OCH3 is 1. The van der Waals surface area contributed by atoms with E-state index in [1.807, 2.05) is 35.0 Å². The molecule has 32 heavy (non-hydrogen) atoms. The highest BCUT2D eigenvalue weighted by Gasteiger charge is 2.29. The molecule has 1 saturated carbocycles. The van der Waals surface area contributed by atoms with E-state index in [1.54, 1.807) is 7.11 Å². The summed E-state index contributed by atoms with van der Waals surface area (Å²) in [4.78, 5) is 8.90. The molecule has 2 aliphatic heterocycles. The molecule has 2 aromatic rings. The Labute approximate surface area is 188 Å². The van der Waals surface area contributed by atoms with Crippen molar-refractivity contribution in [2.24, 2.45) is 12.8 Å². The Bertz CT molecular complexity index is 1100. The fourth-order valence-electron chi connectivity index (χ4n) is 5.24. The fourth-order valence-corrected chi connectivity index (χ4v) is 5.24. The quantitative estimate of drug-likeness (QED) is 0.561. The first kappa shape index (κ1) is 21.1. The summed E-state index contributed by atoms with van der Waals surface area (Å²) in [6.07, 6.45) is 9.85. The van der Waals surface area contributed by atoms with E-state index in [0.29, 0.717) is 11.8 Å². The van der Waals surface area contributed by atoms with Crippen LogP contribution in [0.25, 0.3) is 6.20 Å². The number of pyridine rings is 1. The fraction of sp³-hybridized carbons (Fsp3) is 0.609. The number of piperidine rings is 1. The lowest BCUT2D eigenvalue weighted by Gasteiger charge is -2.31. The second-order valence-corrected chi connectivity index (χ2v) is 9.22. The molecule has 0 amide bonds. The van der Waals surface area contributed by atoms with Crippen LogP contribution < -0.4 is 35.7 Å². The van der Waals surface area contributed by atoms with Crippen molar-refractivity contribution in [2.75, 3.05) is 36.7 Å². The van der Waals surface area contributed by atoms with Crippen molar-refractivity contribution in [1.29, 1.82) is 0 Å². The van der Waals surface area contributed by atoms with Gasteiger partial charge < -0.3 is 20.6 Å². The molecule has 1 aliphatic carbocycles. The normalized spacial score (nSPS) is 20.3.